The fourth-order valence-electron chi connectivity index (χ4n) is 2.75. The topological polar surface area (TPSA) is 54.8 Å². The molecule has 5 heteroatoms. The number of aromatic nitrogens is 3. The minimum absolute atomic E-state index is 0.770. The van der Waals surface area contributed by atoms with Gasteiger partial charge in [0.1, 0.15) is 0 Å². The van der Waals surface area contributed by atoms with E-state index in [4.69, 9.17) is 0 Å². The Morgan fingerprint density at radius 1 is 1.42 bits per heavy atom. The quantitative estimate of drug-likeness (QED) is 0.880. The molecular weight excluding hydrogens is 238 g/mol. The molecule has 0 bridgehead atoms. The average Bonchev–Trinajstić information content (AvgIpc) is 2.73. The number of piperidine rings is 1. The zero-order valence-electron chi connectivity index (χ0n) is 11.6. The lowest BCUT2D eigenvalue weighted by Crippen LogP contribution is -2.31. The lowest BCUT2D eigenvalue weighted by atomic mass is 9.98. The van der Waals surface area contributed by atoms with Crippen molar-refractivity contribution in [1.29, 1.82) is 0 Å². The van der Waals surface area contributed by atoms with Crippen molar-refractivity contribution in [3.8, 4) is 0 Å². The molecule has 2 N–H and O–H groups in total. The van der Waals surface area contributed by atoms with Gasteiger partial charge in [-0.3, -0.25) is 4.68 Å². The minimum atomic E-state index is 0.770. The van der Waals surface area contributed by atoms with Gasteiger partial charge in [-0.05, 0) is 44.8 Å². The van der Waals surface area contributed by atoms with Crippen molar-refractivity contribution in [2.45, 2.75) is 19.8 Å². The van der Waals surface area contributed by atoms with Crippen molar-refractivity contribution in [3.63, 3.8) is 0 Å². The van der Waals surface area contributed by atoms with Crippen LogP contribution in [0.2, 0.25) is 0 Å². The lowest BCUT2D eigenvalue weighted by molar-refractivity contribution is 0.390. The van der Waals surface area contributed by atoms with Gasteiger partial charge in [-0.15, -0.1) is 0 Å². The standard InChI is InChI=1S/C14H21N5/c1-10-13-7-12(9-17-14(13)19(2)18-10)16-8-11-3-5-15-6-4-11/h7,9,11,15-16H,3-6,8H2,1-2H3. The van der Waals surface area contributed by atoms with E-state index in [0.29, 0.717) is 0 Å². The molecule has 0 aromatic carbocycles. The molecule has 0 aliphatic carbocycles. The predicted octanol–water partition coefficient (Wildman–Crippen LogP) is 1.69. The smallest absolute Gasteiger partial charge is 0.157 e. The molecule has 19 heavy (non-hydrogen) atoms. The highest BCUT2D eigenvalue weighted by atomic mass is 15.3. The first-order chi connectivity index (χ1) is 9.24. The normalized spacial score (nSPS) is 16.9. The van der Waals surface area contributed by atoms with Crippen LogP contribution >= 0.6 is 0 Å². The number of rotatable bonds is 3. The number of nitrogens with one attached hydrogen (secondary N) is 2. The molecule has 5 nitrogen and oxygen atoms in total. The molecule has 1 fully saturated rings. The van der Waals surface area contributed by atoms with E-state index in [2.05, 4.69) is 26.8 Å². The number of hydrogen-bond acceptors (Lipinski definition) is 4. The number of hydrogen-bond donors (Lipinski definition) is 2. The molecule has 2 aromatic rings. The van der Waals surface area contributed by atoms with Crippen LogP contribution in [0.1, 0.15) is 18.5 Å². The number of fused-ring (bicyclic) bond motifs is 1. The van der Waals surface area contributed by atoms with E-state index in [1.165, 1.54) is 12.8 Å². The first kappa shape index (κ1) is 12.4. The molecule has 0 spiro atoms. The fourth-order valence-corrected chi connectivity index (χ4v) is 2.75. The molecule has 0 unspecified atom stereocenters. The SMILES string of the molecule is Cc1nn(C)c2ncc(NCC3CCNCC3)cc12. The molecule has 3 rings (SSSR count). The van der Waals surface area contributed by atoms with E-state index < -0.39 is 0 Å². The Morgan fingerprint density at radius 2 is 2.21 bits per heavy atom. The van der Waals surface area contributed by atoms with Crippen molar-refractivity contribution in [2.75, 3.05) is 25.0 Å². The Hall–Kier alpha value is -1.62. The molecular formula is C14H21N5. The second kappa shape index (κ2) is 5.17. The molecule has 102 valence electrons. The van der Waals surface area contributed by atoms with E-state index in [9.17, 15) is 0 Å². The van der Waals surface area contributed by atoms with Gasteiger partial charge in [-0.2, -0.15) is 5.10 Å². The zero-order chi connectivity index (χ0) is 13.2. The largest absolute Gasteiger partial charge is 0.384 e. The first-order valence-corrected chi connectivity index (χ1v) is 6.98. The summed E-state index contributed by atoms with van der Waals surface area (Å²) in [6, 6.07) is 2.16. The Bertz CT molecular complexity index is 568. The van der Waals surface area contributed by atoms with Crippen LogP contribution in [0.4, 0.5) is 5.69 Å². The zero-order valence-corrected chi connectivity index (χ0v) is 11.6. The predicted molar refractivity (Wildman–Crippen MR) is 77.3 cm³/mol. The molecule has 2 aromatic heterocycles. The molecule has 1 saturated heterocycles. The van der Waals surface area contributed by atoms with Gasteiger partial charge in [0.2, 0.25) is 0 Å². The molecule has 0 amide bonds. The summed E-state index contributed by atoms with van der Waals surface area (Å²) < 4.78 is 1.83. The summed E-state index contributed by atoms with van der Waals surface area (Å²) in [4.78, 5) is 4.49. The van der Waals surface area contributed by atoms with Gasteiger partial charge in [0.15, 0.2) is 5.65 Å². The first-order valence-electron chi connectivity index (χ1n) is 6.98. The number of aryl methyl sites for hydroxylation is 2. The molecule has 1 aliphatic rings. The van der Waals surface area contributed by atoms with Crippen LogP contribution in [-0.2, 0) is 7.05 Å². The van der Waals surface area contributed by atoms with Crippen molar-refractivity contribution in [3.05, 3.63) is 18.0 Å². The van der Waals surface area contributed by atoms with Crippen molar-refractivity contribution < 1.29 is 0 Å². The Kier molecular flexibility index (Phi) is 3.38. The highest BCUT2D eigenvalue weighted by Crippen LogP contribution is 2.20. The van der Waals surface area contributed by atoms with E-state index in [1.807, 2.05) is 24.9 Å². The molecule has 0 atom stereocenters. The van der Waals surface area contributed by atoms with Crippen LogP contribution in [0.15, 0.2) is 12.3 Å². The summed E-state index contributed by atoms with van der Waals surface area (Å²) in [5.41, 5.74) is 3.09. The van der Waals surface area contributed by atoms with Gasteiger partial charge in [0.25, 0.3) is 0 Å². The third kappa shape index (κ3) is 2.56. The van der Waals surface area contributed by atoms with Crippen LogP contribution in [0.5, 0.6) is 0 Å². The van der Waals surface area contributed by atoms with Gasteiger partial charge in [0, 0.05) is 19.0 Å². The van der Waals surface area contributed by atoms with Crippen LogP contribution in [-0.4, -0.2) is 34.4 Å². The van der Waals surface area contributed by atoms with Gasteiger partial charge >= 0.3 is 0 Å². The van der Waals surface area contributed by atoms with E-state index >= 15 is 0 Å². The maximum absolute atomic E-state index is 4.49. The third-order valence-electron chi connectivity index (χ3n) is 3.92. The molecule has 0 saturated carbocycles. The Labute approximate surface area is 113 Å². The third-order valence-corrected chi connectivity index (χ3v) is 3.92. The highest BCUT2D eigenvalue weighted by Gasteiger charge is 2.13. The second-order valence-corrected chi connectivity index (χ2v) is 5.38. The summed E-state index contributed by atoms with van der Waals surface area (Å²) in [5.74, 6) is 0.770. The van der Waals surface area contributed by atoms with Crippen molar-refractivity contribution in [1.82, 2.24) is 20.1 Å². The van der Waals surface area contributed by atoms with Crippen LogP contribution in [0.25, 0.3) is 11.0 Å². The van der Waals surface area contributed by atoms with E-state index in [-0.39, 0.29) is 0 Å². The Balaban J connectivity index is 1.72. The molecule has 0 radical (unpaired) electrons. The summed E-state index contributed by atoms with van der Waals surface area (Å²) in [6.45, 7) is 5.35. The van der Waals surface area contributed by atoms with Crippen molar-refractivity contribution in [2.24, 2.45) is 13.0 Å². The lowest BCUT2D eigenvalue weighted by Gasteiger charge is -2.23. The summed E-state index contributed by atoms with van der Waals surface area (Å²) in [5, 5.41) is 12.4. The van der Waals surface area contributed by atoms with Crippen molar-refractivity contribution >= 4 is 16.7 Å². The number of anilines is 1. The van der Waals surface area contributed by atoms with Gasteiger partial charge in [-0.25, -0.2) is 4.98 Å². The molecule has 1 aliphatic heterocycles. The van der Waals surface area contributed by atoms with Gasteiger partial charge < -0.3 is 10.6 Å². The average molecular weight is 259 g/mol. The fraction of sp³-hybridized carbons (Fsp3) is 0.571. The molecule has 3 heterocycles. The summed E-state index contributed by atoms with van der Waals surface area (Å²) in [6.07, 6.45) is 4.42. The maximum Gasteiger partial charge on any atom is 0.157 e. The highest BCUT2D eigenvalue weighted by molar-refractivity contribution is 5.81. The Morgan fingerprint density at radius 3 is 3.00 bits per heavy atom. The summed E-state index contributed by atoms with van der Waals surface area (Å²) in [7, 11) is 1.93. The van der Waals surface area contributed by atoms with Crippen LogP contribution < -0.4 is 10.6 Å². The maximum atomic E-state index is 4.49. The van der Waals surface area contributed by atoms with Crippen LogP contribution in [0.3, 0.4) is 0 Å². The minimum Gasteiger partial charge on any atom is -0.384 e. The second-order valence-electron chi connectivity index (χ2n) is 5.38. The number of nitrogens with zero attached hydrogens (tertiary/aromatic N) is 3. The number of pyridine rings is 1. The monoisotopic (exact) mass is 259 g/mol. The van der Waals surface area contributed by atoms with Crippen LogP contribution in [0, 0.1) is 12.8 Å². The van der Waals surface area contributed by atoms with E-state index in [1.54, 1.807) is 0 Å². The van der Waals surface area contributed by atoms with Gasteiger partial charge in [0.05, 0.1) is 17.6 Å². The van der Waals surface area contributed by atoms with Gasteiger partial charge in [-0.1, -0.05) is 0 Å². The summed E-state index contributed by atoms with van der Waals surface area (Å²) >= 11 is 0. The van der Waals surface area contributed by atoms with E-state index in [0.717, 1.165) is 48.0 Å².